The first-order chi connectivity index (χ1) is 7.76. The van der Waals surface area contributed by atoms with E-state index >= 15 is 0 Å². The van der Waals surface area contributed by atoms with Crippen LogP contribution in [0.1, 0.15) is 25.6 Å². The van der Waals surface area contributed by atoms with Crippen molar-refractivity contribution in [2.24, 2.45) is 0 Å². The topological polar surface area (TPSA) is 47.0 Å². The standard InChI is InChI=1S/C12H19N3O/c1-4-6-8-16-12-9-11(13-7-5-2)14-10(3)15-12/h4,9H,1,5-8H2,2-3H3,(H,13,14,15). The summed E-state index contributed by atoms with van der Waals surface area (Å²) in [6.45, 7) is 9.12. The van der Waals surface area contributed by atoms with Gasteiger partial charge in [-0.15, -0.1) is 6.58 Å². The van der Waals surface area contributed by atoms with Crippen LogP contribution in [0.5, 0.6) is 5.88 Å². The fourth-order valence-corrected chi connectivity index (χ4v) is 1.20. The maximum absolute atomic E-state index is 5.49. The number of hydrogen-bond donors (Lipinski definition) is 1. The number of nitrogens with one attached hydrogen (secondary N) is 1. The normalized spacial score (nSPS) is 9.88. The van der Waals surface area contributed by atoms with Crippen LogP contribution in [-0.2, 0) is 0 Å². The maximum atomic E-state index is 5.49. The van der Waals surface area contributed by atoms with Crippen molar-refractivity contribution < 1.29 is 4.74 Å². The molecular formula is C12H19N3O. The molecule has 1 aromatic heterocycles. The average Bonchev–Trinajstić information content (AvgIpc) is 2.26. The van der Waals surface area contributed by atoms with E-state index in [4.69, 9.17) is 4.74 Å². The molecule has 0 atom stereocenters. The minimum atomic E-state index is 0.604. The second-order valence-electron chi connectivity index (χ2n) is 3.49. The molecule has 0 aliphatic heterocycles. The van der Waals surface area contributed by atoms with Crippen molar-refractivity contribution in [3.05, 3.63) is 24.5 Å². The van der Waals surface area contributed by atoms with E-state index in [0.717, 1.165) is 31.0 Å². The third kappa shape index (κ3) is 4.29. The minimum Gasteiger partial charge on any atom is -0.477 e. The molecule has 4 heteroatoms. The lowest BCUT2D eigenvalue weighted by atomic mass is 10.4. The summed E-state index contributed by atoms with van der Waals surface area (Å²) in [5, 5.41) is 3.21. The van der Waals surface area contributed by atoms with Gasteiger partial charge in [0, 0.05) is 12.6 Å². The Bertz CT molecular complexity index is 339. The van der Waals surface area contributed by atoms with Gasteiger partial charge in [0.1, 0.15) is 11.6 Å². The third-order valence-electron chi connectivity index (χ3n) is 1.94. The van der Waals surface area contributed by atoms with Gasteiger partial charge in [-0.2, -0.15) is 4.98 Å². The summed E-state index contributed by atoms with van der Waals surface area (Å²) >= 11 is 0. The van der Waals surface area contributed by atoms with Gasteiger partial charge in [-0.3, -0.25) is 0 Å². The van der Waals surface area contributed by atoms with Crippen LogP contribution in [0.3, 0.4) is 0 Å². The van der Waals surface area contributed by atoms with Crippen LogP contribution in [0.4, 0.5) is 5.82 Å². The lowest BCUT2D eigenvalue weighted by Crippen LogP contribution is -2.06. The first kappa shape index (κ1) is 12.5. The first-order valence-corrected chi connectivity index (χ1v) is 5.59. The molecule has 0 saturated heterocycles. The van der Waals surface area contributed by atoms with Crippen LogP contribution in [0.15, 0.2) is 18.7 Å². The van der Waals surface area contributed by atoms with E-state index in [9.17, 15) is 0 Å². The summed E-state index contributed by atoms with van der Waals surface area (Å²) in [4.78, 5) is 8.48. The van der Waals surface area contributed by atoms with Crippen molar-refractivity contribution in [2.75, 3.05) is 18.5 Å². The Kier molecular flexibility index (Phi) is 5.32. The zero-order chi connectivity index (χ0) is 11.8. The number of rotatable bonds is 7. The minimum absolute atomic E-state index is 0.604. The second kappa shape index (κ2) is 6.82. The molecule has 1 rings (SSSR count). The van der Waals surface area contributed by atoms with Crippen LogP contribution in [-0.4, -0.2) is 23.1 Å². The summed E-state index contributed by atoms with van der Waals surface area (Å²) in [5.41, 5.74) is 0. The summed E-state index contributed by atoms with van der Waals surface area (Å²) in [5.74, 6) is 2.16. The Morgan fingerprint density at radius 2 is 2.31 bits per heavy atom. The second-order valence-corrected chi connectivity index (χ2v) is 3.49. The van der Waals surface area contributed by atoms with Crippen molar-refractivity contribution in [1.29, 1.82) is 0 Å². The number of aromatic nitrogens is 2. The quantitative estimate of drug-likeness (QED) is 0.568. The molecule has 0 fully saturated rings. The predicted octanol–water partition coefficient (Wildman–Crippen LogP) is 2.56. The van der Waals surface area contributed by atoms with Gasteiger partial charge in [0.15, 0.2) is 0 Å². The van der Waals surface area contributed by atoms with Crippen molar-refractivity contribution in [3.63, 3.8) is 0 Å². The monoisotopic (exact) mass is 221 g/mol. The molecule has 0 aliphatic carbocycles. The molecule has 1 aromatic rings. The maximum Gasteiger partial charge on any atom is 0.218 e. The van der Waals surface area contributed by atoms with E-state index in [0.29, 0.717) is 12.5 Å². The number of hydrogen-bond acceptors (Lipinski definition) is 4. The average molecular weight is 221 g/mol. The summed E-state index contributed by atoms with van der Waals surface area (Å²) in [6.07, 6.45) is 3.71. The van der Waals surface area contributed by atoms with Gasteiger partial charge in [-0.25, -0.2) is 4.98 Å². The molecule has 4 nitrogen and oxygen atoms in total. The third-order valence-corrected chi connectivity index (χ3v) is 1.94. The van der Waals surface area contributed by atoms with Crippen molar-refractivity contribution in [1.82, 2.24) is 9.97 Å². The molecular weight excluding hydrogens is 202 g/mol. The molecule has 0 aliphatic rings. The van der Waals surface area contributed by atoms with Crippen LogP contribution >= 0.6 is 0 Å². The van der Waals surface area contributed by atoms with Gasteiger partial charge in [0.25, 0.3) is 0 Å². The van der Waals surface area contributed by atoms with E-state index in [-0.39, 0.29) is 0 Å². The fourth-order valence-electron chi connectivity index (χ4n) is 1.20. The number of ether oxygens (including phenoxy) is 1. The number of anilines is 1. The lowest BCUT2D eigenvalue weighted by Gasteiger charge is -2.08. The molecule has 0 amide bonds. The van der Waals surface area contributed by atoms with E-state index in [1.54, 1.807) is 0 Å². The van der Waals surface area contributed by atoms with E-state index in [1.807, 2.05) is 19.1 Å². The predicted molar refractivity (Wildman–Crippen MR) is 65.9 cm³/mol. The number of aryl methyl sites for hydroxylation is 1. The van der Waals surface area contributed by atoms with Gasteiger partial charge >= 0.3 is 0 Å². The molecule has 0 spiro atoms. The largest absolute Gasteiger partial charge is 0.477 e. The Balaban J connectivity index is 2.61. The Morgan fingerprint density at radius 1 is 1.50 bits per heavy atom. The molecule has 16 heavy (non-hydrogen) atoms. The highest BCUT2D eigenvalue weighted by atomic mass is 16.5. The van der Waals surface area contributed by atoms with Gasteiger partial charge in [0.2, 0.25) is 5.88 Å². The van der Waals surface area contributed by atoms with Crippen LogP contribution in [0.2, 0.25) is 0 Å². The zero-order valence-corrected chi connectivity index (χ0v) is 9.99. The van der Waals surface area contributed by atoms with Crippen molar-refractivity contribution in [3.8, 4) is 5.88 Å². The van der Waals surface area contributed by atoms with Crippen molar-refractivity contribution in [2.45, 2.75) is 26.7 Å². The highest BCUT2D eigenvalue weighted by Gasteiger charge is 2.01. The molecule has 0 bridgehead atoms. The Hall–Kier alpha value is -1.58. The Labute approximate surface area is 96.8 Å². The molecule has 88 valence electrons. The molecule has 0 radical (unpaired) electrons. The SMILES string of the molecule is C=CCCOc1cc(NCCC)nc(C)n1. The van der Waals surface area contributed by atoms with Crippen LogP contribution < -0.4 is 10.1 Å². The molecule has 1 N–H and O–H groups in total. The van der Waals surface area contributed by atoms with Gasteiger partial charge < -0.3 is 10.1 Å². The molecule has 0 unspecified atom stereocenters. The zero-order valence-electron chi connectivity index (χ0n) is 9.99. The summed E-state index contributed by atoms with van der Waals surface area (Å²) in [6, 6.07) is 1.83. The van der Waals surface area contributed by atoms with Crippen LogP contribution in [0, 0.1) is 6.92 Å². The van der Waals surface area contributed by atoms with Gasteiger partial charge in [0.05, 0.1) is 6.61 Å². The van der Waals surface area contributed by atoms with Gasteiger partial charge in [-0.1, -0.05) is 13.0 Å². The smallest absolute Gasteiger partial charge is 0.218 e. The fraction of sp³-hybridized carbons (Fsp3) is 0.500. The van der Waals surface area contributed by atoms with E-state index in [2.05, 4.69) is 28.8 Å². The van der Waals surface area contributed by atoms with Crippen molar-refractivity contribution >= 4 is 5.82 Å². The highest BCUT2D eigenvalue weighted by molar-refractivity contribution is 5.38. The van der Waals surface area contributed by atoms with E-state index in [1.165, 1.54) is 0 Å². The van der Waals surface area contributed by atoms with Crippen LogP contribution in [0.25, 0.3) is 0 Å². The molecule has 0 aromatic carbocycles. The van der Waals surface area contributed by atoms with Gasteiger partial charge in [-0.05, 0) is 19.8 Å². The highest BCUT2D eigenvalue weighted by Crippen LogP contribution is 2.13. The summed E-state index contributed by atoms with van der Waals surface area (Å²) in [7, 11) is 0. The first-order valence-electron chi connectivity index (χ1n) is 5.59. The van der Waals surface area contributed by atoms with E-state index < -0.39 is 0 Å². The Morgan fingerprint density at radius 3 is 3.00 bits per heavy atom. The molecule has 0 saturated carbocycles. The number of nitrogens with zero attached hydrogens (tertiary/aromatic N) is 2. The molecule has 1 heterocycles. The summed E-state index contributed by atoms with van der Waals surface area (Å²) < 4.78 is 5.49. The lowest BCUT2D eigenvalue weighted by molar-refractivity contribution is 0.311.